The molecule has 3 aliphatic rings. The minimum absolute atomic E-state index is 0.0176. The van der Waals surface area contributed by atoms with E-state index in [0.29, 0.717) is 18.9 Å². The maximum Gasteiger partial charge on any atom is 0.416 e. The highest BCUT2D eigenvalue weighted by Crippen LogP contribution is 2.35. The van der Waals surface area contributed by atoms with Gasteiger partial charge in [-0.05, 0) is 92.8 Å². The van der Waals surface area contributed by atoms with Crippen LogP contribution in [0.5, 0.6) is 5.75 Å². The van der Waals surface area contributed by atoms with E-state index < -0.39 is 65.2 Å². The van der Waals surface area contributed by atoms with Crippen LogP contribution in [0.3, 0.4) is 0 Å². The lowest BCUT2D eigenvalue weighted by Crippen LogP contribution is -2.54. The van der Waals surface area contributed by atoms with Gasteiger partial charge < -0.3 is 15.4 Å². The van der Waals surface area contributed by atoms with E-state index in [1.807, 2.05) is 0 Å². The number of nitrogens with zero attached hydrogens (tertiary/aromatic N) is 6. The first-order valence-corrected chi connectivity index (χ1v) is 20.9. The quantitative estimate of drug-likeness (QED) is 0.0619. The molecule has 2 aromatic carbocycles. The molecule has 0 bridgehead atoms. The predicted molar refractivity (Wildman–Crippen MR) is 226 cm³/mol. The summed E-state index contributed by atoms with van der Waals surface area (Å²) in [6.45, 7) is 1.05. The highest BCUT2D eigenvalue weighted by Gasteiger charge is 2.46. The number of unbranched alkanes of at least 4 members (excludes halogenated alkanes) is 4. The van der Waals surface area contributed by atoms with E-state index in [0.717, 1.165) is 52.2 Å². The number of rotatable bonds is 15. The molecule has 4 aromatic rings. The Morgan fingerprint density at radius 1 is 0.924 bits per heavy atom. The second-order valence-corrected chi connectivity index (χ2v) is 15.5. The van der Waals surface area contributed by atoms with Crippen LogP contribution in [0.2, 0.25) is 0 Å². The van der Waals surface area contributed by atoms with Crippen LogP contribution < -0.4 is 30.5 Å². The number of halogens is 4. The SMILES string of the molecule is Cc1cc(C(F)(F)F)cc(N2C(=O)NC[C@H]2C(=O)N(CC#Cc2ccc(NC(=O)CCCCCCCOc3cccc4c3C(=O)N(C3CCC(=O)NC3=O)C4=O)nn2)c2ccc(F)cc2)n1. The molecule has 2 atom stereocenters. The van der Waals surface area contributed by atoms with Gasteiger partial charge in [-0.25, -0.2) is 14.2 Å². The van der Waals surface area contributed by atoms with E-state index in [1.165, 1.54) is 37.3 Å². The van der Waals surface area contributed by atoms with Crippen molar-refractivity contribution in [1.29, 1.82) is 0 Å². The lowest BCUT2D eigenvalue weighted by molar-refractivity contribution is -0.138. The molecular weight excluding hydrogens is 871 g/mol. The highest BCUT2D eigenvalue weighted by atomic mass is 19.4. The van der Waals surface area contributed by atoms with E-state index in [1.54, 1.807) is 12.1 Å². The molecule has 3 aliphatic heterocycles. The average molecular weight is 912 g/mol. The summed E-state index contributed by atoms with van der Waals surface area (Å²) in [5.74, 6) is 1.61. The molecule has 0 radical (unpaired) electrons. The largest absolute Gasteiger partial charge is 0.493 e. The summed E-state index contributed by atoms with van der Waals surface area (Å²) in [5.41, 5.74) is -0.462. The number of benzene rings is 2. The molecular formula is C45H41F4N9O8. The number of alkyl halides is 3. The monoisotopic (exact) mass is 911 g/mol. The maximum absolute atomic E-state index is 14.0. The average Bonchev–Trinajstić information content (AvgIpc) is 3.79. The van der Waals surface area contributed by atoms with E-state index in [9.17, 15) is 51.1 Å². The molecule has 2 aromatic heterocycles. The first-order valence-electron chi connectivity index (χ1n) is 20.9. The molecule has 2 fully saturated rings. The molecule has 2 saturated heterocycles. The van der Waals surface area contributed by atoms with Crippen molar-refractivity contribution >= 4 is 58.8 Å². The van der Waals surface area contributed by atoms with E-state index >= 15 is 0 Å². The first-order chi connectivity index (χ1) is 31.6. The third-order valence-electron chi connectivity index (χ3n) is 10.8. The first kappa shape index (κ1) is 46.2. The molecule has 0 aliphatic carbocycles. The molecule has 8 amide bonds. The number of aromatic nitrogens is 3. The van der Waals surface area contributed by atoms with Gasteiger partial charge in [0.05, 0.1) is 29.8 Å². The van der Waals surface area contributed by atoms with Crippen LogP contribution in [0.4, 0.5) is 39.7 Å². The van der Waals surface area contributed by atoms with Gasteiger partial charge in [0.1, 0.15) is 35.2 Å². The summed E-state index contributed by atoms with van der Waals surface area (Å²) in [6.07, 6.45) is -0.924. The van der Waals surface area contributed by atoms with Crippen LogP contribution in [0, 0.1) is 24.6 Å². The van der Waals surface area contributed by atoms with Crippen LogP contribution in [0.15, 0.2) is 66.7 Å². The smallest absolute Gasteiger partial charge is 0.416 e. The third kappa shape index (κ3) is 10.6. The Bertz CT molecular complexity index is 2630. The highest BCUT2D eigenvalue weighted by molar-refractivity contribution is 6.24. The zero-order valence-corrected chi connectivity index (χ0v) is 35.2. The Labute approximate surface area is 374 Å². The van der Waals surface area contributed by atoms with Crippen molar-refractivity contribution in [3.05, 3.63) is 101 Å². The van der Waals surface area contributed by atoms with Crippen molar-refractivity contribution in [1.82, 2.24) is 30.7 Å². The summed E-state index contributed by atoms with van der Waals surface area (Å²) in [7, 11) is 0. The number of fused-ring (bicyclic) bond motifs is 1. The molecule has 5 heterocycles. The second-order valence-electron chi connectivity index (χ2n) is 15.5. The molecule has 21 heteroatoms. The van der Waals surface area contributed by atoms with Gasteiger partial charge in [0.15, 0.2) is 5.82 Å². The van der Waals surface area contributed by atoms with Crippen molar-refractivity contribution in [3.8, 4) is 17.6 Å². The van der Waals surface area contributed by atoms with Gasteiger partial charge >= 0.3 is 12.2 Å². The van der Waals surface area contributed by atoms with Crippen molar-refractivity contribution in [3.63, 3.8) is 0 Å². The molecule has 342 valence electrons. The van der Waals surface area contributed by atoms with Gasteiger partial charge in [0.2, 0.25) is 17.7 Å². The van der Waals surface area contributed by atoms with Gasteiger partial charge in [0, 0.05) is 30.8 Å². The number of amides is 8. The van der Waals surface area contributed by atoms with Gasteiger partial charge in [-0.1, -0.05) is 31.2 Å². The number of carbonyl (C=O) groups excluding carboxylic acids is 7. The summed E-state index contributed by atoms with van der Waals surface area (Å²) in [4.78, 5) is 96.7. The Morgan fingerprint density at radius 3 is 2.41 bits per heavy atom. The van der Waals surface area contributed by atoms with Crippen LogP contribution in [0.1, 0.15) is 89.0 Å². The summed E-state index contributed by atoms with van der Waals surface area (Å²) in [6, 6.07) is 10.8. The maximum atomic E-state index is 14.0. The topological polar surface area (TPSA) is 213 Å². The fourth-order valence-corrected chi connectivity index (χ4v) is 7.58. The number of imide groups is 2. The molecule has 1 unspecified atom stereocenters. The van der Waals surface area contributed by atoms with Gasteiger partial charge in [-0.15, -0.1) is 10.2 Å². The zero-order chi connectivity index (χ0) is 47.1. The number of aryl methyl sites for hydroxylation is 1. The molecule has 17 nitrogen and oxygen atoms in total. The van der Waals surface area contributed by atoms with Crippen molar-refractivity contribution in [2.24, 2.45) is 0 Å². The number of nitrogens with one attached hydrogen (secondary N) is 3. The van der Waals surface area contributed by atoms with E-state index in [2.05, 4.69) is 43.0 Å². The fraction of sp³-hybridized carbons (Fsp3) is 0.333. The Morgan fingerprint density at radius 2 is 1.68 bits per heavy atom. The molecule has 3 N–H and O–H groups in total. The minimum Gasteiger partial charge on any atom is -0.493 e. The summed E-state index contributed by atoms with van der Waals surface area (Å²) >= 11 is 0. The van der Waals surface area contributed by atoms with Crippen LogP contribution in [-0.4, -0.2) is 93.3 Å². The van der Waals surface area contributed by atoms with Crippen molar-refractivity contribution < 1.29 is 55.9 Å². The predicted octanol–water partition coefficient (Wildman–Crippen LogP) is 5.08. The number of carbonyl (C=O) groups is 7. The number of hydrogen-bond donors (Lipinski definition) is 3. The minimum atomic E-state index is -4.74. The van der Waals surface area contributed by atoms with E-state index in [4.69, 9.17) is 4.74 Å². The normalized spacial score (nSPS) is 16.9. The number of hydrogen-bond acceptors (Lipinski definition) is 11. The number of piperidine rings is 1. The lowest BCUT2D eigenvalue weighted by atomic mass is 10.0. The van der Waals surface area contributed by atoms with Crippen molar-refractivity contribution in [2.45, 2.75) is 76.6 Å². The van der Waals surface area contributed by atoms with Gasteiger partial charge in [0.25, 0.3) is 17.7 Å². The fourth-order valence-electron chi connectivity index (χ4n) is 7.58. The van der Waals surface area contributed by atoms with Crippen molar-refractivity contribution in [2.75, 3.05) is 34.8 Å². The number of urea groups is 1. The summed E-state index contributed by atoms with van der Waals surface area (Å²) in [5, 5.41) is 15.3. The van der Waals surface area contributed by atoms with Crippen LogP contribution in [0.25, 0.3) is 0 Å². The molecule has 7 rings (SSSR count). The Hall–Kier alpha value is -7.76. The lowest BCUT2D eigenvalue weighted by Gasteiger charge is -2.28. The van der Waals surface area contributed by atoms with E-state index in [-0.39, 0.29) is 90.5 Å². The number of pyridine rings is 1. The summed E-state index contributed by atoms with van der Waals surface area (Å²) < 4.78 is 60.6. The van der Waals surface area contributed by atoms with Gasteiger partial charge in [-0.2, -0.15) is 13.2 Å². The molecule has 66 heavy (non-hydrogen) atoms. The second kappa shape index (κ2) is 20.0. The van der Waals surface area contributed by atoms with Gasteiger partial charge in [-0.3, -0.25) is 48.8 Å². The number of ether oxygens (including phenoxy) is 1. The van der Waals surface area contributed by atoms with Crippen LogP contribution >= 0.6 is 0 Å². The molecule has 0 spiro atoms. The Kier molecular flexibility index (Phi) is 14.0. The van der Waals surface area contributed by atoms with Crippen LogP contribution in [-0.2, 0) is 25.4 Å². The standard InChI is InChI=1S/C45H41F4N9O8/c1-26-23-27(45(47,48)49)24-36(51-26)57-33(25-50-44(57)65)42(63)56(30-16-13-28(46)14-17-30)21-8-9-29-15-19-35(55-54-29)52-37(59)12-5-3-2-4-6-22-66-34-11-7-10-31-39(34)43(64)58(41(31)62)32-18-20-38(60)53-40(32)61/h7,10-11,13-17,19,23-24,32-33H,2-6,12,18,20-22,25H2,1H3,(H,50,65)(H,52,55,59)(H,53,60,61)/t32?,33-/m0/s1. The zero-order valence-electron chi connectivity index (χ0n) is 35.2. The number of anilines is 3. The Balaban J connectivity index is 0.862. The molecule has 0 saturated carbocycles. The third-order valence-corrected chi connectivity index (χ3v) is 10.8.